The molecule has 7 nitrogen and oxygen atoms in total. The molecular weight excluding hydrogens is 447 g/mol. The summed E-state index contributed by atoms with van der Waals surface area (Å²) in [5.41, 5.74) is 0.0403. The van der Waals surface area contributed by atoms with Crippen LogP contribution in [0.25, 0.3) is 0 Å². The highest BCUT2D eigenvalue weighted by Gasteiger charge is 2.37. The van der Waals surface area contributed by atoms with Crippen molar-refractivity contribution in [2.45, 2.75) is 44.6 Å². The number of nitrogens with one attached hydrogen (secondary N) is 1. The molecule has 2 aromatic heterocycles. The normalized spacial score (nSPS) is 13.9. The highest BCUT2D eigenvalue weighted by Crippen LogP contribution is 2.42. The molecule has 0 atom stereocenters. The van der Waals surface area contributed by atoms with Crippen LogP contribution in [0, 0.1) is 0 Å². The molecule has 3 aromatic rings. The summed E-state index contributed by atoms with van der Waals surface area (Å²) in [6.07, 6.45) is -0.794. The van der Waals surface area contributed by atoms with Crippen molar-refractivity contribution < 1.29 is 22.7 Å². The largest absolute Gasteiger partial charge is 0.470 e. The Morgan fingerprint density at radius 1 is 1.22 bits per heavy atom. The van der Waals surface area contributed by atoms with Gasteiger partial charge < -0.3 is 10.1 Å². The fraction of sp³-hybridized carbons (Fsp3) is 0.381. The number of rotatable bonds is 9. The first kappa shape index (κ1) is 22.2. The molecular formula is C21H21ClF3N5O2. The summed E-state index contributed by atoms with van der Waals surface area (Å²) in [7, 11) is 0. The maximum absolute atomic E-state index is 13.0. The molecule has 0 bridgehead atoms. The summed E-state index contributed by atoms with van der Waals surface area (Å²) in [6.45, 7) is 0.565. The van der Waals surface area contributed by atoms with E-state index in [1.54, 1.807) is 30.3 Å². The smallest absolute Gasteiger partial charge is 0.435 e. The number of hydrogen-bond acceptors (Lipinski definition) is 4. The molecule has 0 unspecified atom stereocenters. The van der Waals surface area contributed by atoms with Gasteiger partial charge in [0.05, 0.1) is 5.02 Å². The number of carbonyl (C=O) groups is 1. The lowest BCUT2D eigenvalue weighted by molar-refractivity contribution is -0.141. The molecule has 32 heavy (non-hydrogen) atoms. The van der Waals surface area contributed by atoms with Crippen molar-refractivity contribution in [2.75, 3.05) is 6.54 Å². The lowest BCUT2D eigenvalue weighted by atomic mass is 10.2. The Bertz CT molecular complexity index is 1090. The van der Waals surface area contributed by atoms with Gasteiger partial charge >= 0.3 is 6.18 Å². The fourth-order valence-electron chi connectivity index (χ4n) is 3.30. The SMILES string of the molecule is O=C(NCCCn1nc(C(F)(F)F)cc1C1CC1)c1ccnn1COc1ccccc1Cl. The summed E-state index contributed by atoms with van der Waals surface area (Å²) >= 11 is 6.06. The van der Waals surface area contributed by atoms with E-state index in [0.717, 1.165) is 18.9 Å². The minimum Gasteiger partial charge on any atom is -0.470 e. The van der Waals surface area contributed by atoms with E-state index < -0.39 is 11.9 Å². The first-order valence-corrected chi connectivity index (χ1v) is 10.5. The number of nitrogens with zero attached hydrogens (tertiary/aromatic N) is 4. The van der Waals surface area contributed by atoms with Gasteiger partial charge in [0, 0.05) is 30.9 Å². The van der Waals surface area contributed by atoms with Gasteiger partial charge in [0.25, 0.3) is 5.91 Å². The van der Waals surface area contributed by atoms with Crippen molar-refractivity contribution in [3.63, 3.8) is 0 Å². The molecule has 1 saturated carbocycles. The molecule has 170 valence electrons. The van der Waals surface area contributed by atoms with E-state index in [-0.39, 0.29) is 31.6 Å². The van der Waals surface area contributed by atoms with Crippen molar-refractivity contribution in [3.8, 4) is 5.75 Å². The van der Waals surface area contributed by atoms with E-state index in [2.05, 4.69) is 15.5 Å². The highest BCUT2D eigenvalue weighted by molar-refractivity contribution is 6.32. The molecule has 2 heterocycles. The monoisotopic (exact) mass is 467 g/mol. The van der Waals surface area contributed by atoms with Crippen LogP contribution in [0.2, 0.25) is 5.02 Å². The van der Waals surface area contributed by atoms with Gasteiger partial charge in [0.2, 0.25) is 0 Å². The highest BCUT2D eigenvalue weighted by atomic mass is 35.5. The average Bonchev–Trinajstić information content (AvgIpc) is 3.31. The van der Waals surface area contributed by atoms with E-state index in [1.165, 1.54) is 15.6 Å². The number of hydrogen-bond donors (Lipinski definition) is 1. The van der Waals surface area contributed by atoms with Gasteiger partial charge in [0.1, 0.15) is 11.4 Å². The first-order valence-electron chi connectivity index (χ1n) is 10.1. The topological polar surface area (TPSA) is 74.0 Å². The van der Waals surface area contributed by atoms with Crippen molar-refractivity contribution in [2.24, 2.45) is 0 Å². The number of carbonyl (C=O) groups excluding carboxylic acids is 1. The van der Waals surface area contributed by atoms with Gasteiger partial charge in [-0.1, -0.05) is 23.7 Å². The van der Waals surface area contributed by atoms with Gasteiger partial charge in [-0.2, -0.15) is 23.4 Å². The predicted octanol–water partition coefficient (Wildman–Crippen LogP) is 4.49. The molecule has 1 aromatic carbocycles. The molecule has 0 aliphatic heterocycles. The fourth-order valence-corrected chi connectivity index (χ4v) is 3.49. The Labute approximate surface area is 187 Å². The van der Waals surface area contributed by atoms with Gasteiger partial charge in [-0.3, -0.25) is 9.48 Å². The first-order chi connectivity index (χ1) is 15.3. The molecule has 1 amide bonds. The van der Waals surface area contributed by atoms with Crippen LogP contribution in [0.1, 0.15) is 47.1 Å². The van der Waals surface area contributed by atoms with Crippen LogP contribution in [-0.2, 0) is 19.5 Å². The molecule has 0 saturated heterocycles. The number of ether oxygens (including phenoxy) is 1. The summed E-state index contributed by atoms with van der Waals surface area (Å²) < 4.78 is 47.4. The number of halogens is 4. The van der Waals surface area contributed by atoms with Crippen LogP contribution in [0.3, 0.4) is 0 Å². The van der Waals surface area contributed by atoms with Crippen molar-refractivity contribution in [1.82, 2.24) is 24.9 Å². The number of amides is 1. The van der Waals surface area contributed by atoms with Gasteiger partial charge in [-0.25, -0.2) is 4.68 Å². The van der Waals surface area contributed by atoms with E-state index in [9.17, 15) is 18.0 Å². The minimum absolute atomic E-state index is 0.00224. The molecule has 11 heteroatoms. The summed E-state index contributed by atoms with van der Waals surface area (Å²) in [4.78, 5) is 12.5. The second-order valence-electron chi connectivity index (χ2n) is 7.48. The van der Waals surface area contributed by atoms with E-state index in [0.29, 0.717) is 28.6 Å². The number of aryl methyl sites for hydroxylation is 1. The molecule has 1 aliphatic rings. The Morgan fingerprint density at radius 2 is 2.00 bits per heavy atom. The maximum Gasteiger partial charge on any atom is 0.435 e. The Kier molecular flexibility index (Phi) is 6.40. The lowest BCUT2D eigenvalue weighted by Crippen LogP contribution is -2.28. The number of para-hydroxylation sites is 1. The average molecular weight is 468 g/mol. The quantitative estimate of drug-likeness (QED) is 0.471. The van der Waals surface area contributed by atoms with Gasteiger partial charge in [-0.15, -0.1) is 0 Å². The maximum atomic E-state index is 13.0. The second-order valence-corrected chi connectivity index (χ2v) is 7.89. The van der Waals surface area contributed by atoms with E-state index >= 15 is 0 Å². The third-order valence-corrected chi connectivity index (χ3v) is 5.37. The minimum atomic E-state index is -4.46. The van der Waals surface area contributed by atoms with Gasteiger partial charge in [0.15, 0.2) is 12.4 Å². The van der Waals surface area contributed by atoms with Crippen LogP contribution >= 0.6 is 11.6 Å². The Balaban J connectivity index is 1.30. The lowest BCUT2D eigenvalue weighted by Gasteiger charge is -2.11. The number of aromatic nitrogens is 4. The third-order valence-electron chi connectivity index (χ3n) is 5.06. The molecule has 1 fully saturated rings. The summed E-state index contributed by atoms with van der Waals surface area (Å²) in [6, 6.07) is 9.65. The van der Waals surface area contributed by atoms with Crippen molar-refractivity contribution in [3.05, 3.63) is 64.7 Å². The standard InChI is InChI=1S/C21H21ClF3N5O2/c22-15-4-1-2-5-18(15)32-13-30-16(8-10-27-30)20(31)26-9-3-11-29-17(14-6-7-14)12-19(28-29)21(23,24)25/h1-2,4-5,8,10,12,14H,3,6-7,9,11,13H2,(H,26,31). The van der Waals surface area contributed by atoms with Crippen LogP contribution in [-0.4, -0.2) is 32.0 Å². The second kappa shape index (κ2) is 9.23. The Hall–Kier alpha value is -3.01. The van der Waals surface area contributed by atoms with Crippen LogP contribution in [0.5, 0.6) is 5.75 Å². The van der Waals surface area contributed by atoms with E-state index in [4.69, 9.17) is 16.3 Å². The van der Waals surface area contributed by atoms with Crippen molar-refractivity contribution >= 4 is 17.5 Å². The van der Waals surface area contributed by atoms with Crippen LogP contribution < -0.4 is 10.1 Å². The van der Waals surface area contributed by atoms with Crippen LogP contribution in [0.15, 0.2) is 42.6 Å². The summed E-state index contributed by atoms with van der Waals surface area (Å²) in [5, 5.41) is 11.0. The van der Waals surface area contributed by atoms with Gasteiger partial charge in [-0.05, 0) is 43.5 Å². The molecule has 4 rings (SSSR count). The zero-order valence-electron chi connectivity index (χ0n) is 17.0. The molecule has 1 N–H and O–H groups in total. The van der Waals surface area contributed by atoms with Crippen molar-refractivity contribution in [1.29, 1.82) is 0 Å². The van der Waals surface area contributed by atoms with Crippen LogP contribution in [0.4, 0.5) is 13.2 Å². The Morgan fingerprint density at radius 3 is 2.72 bits per heavy atom. The third kappa shape index (κ3) is 5.24. The van der Waals surface area contributed by atoms with E-state index in [1.807, 2.05) is 0 Å². The molecule has 0 radical (unpaired) electrons. The molecule has 0 spiro atoms. The number of alkyl halides is 3. The summed E-state index contributed by atoms with van der Waals surface area (Å²) in [5.74, 6) is 0.254. The number of benzene rings is 1. The molecule has 1 aliphatic carbocycles. The predicted molar refractivity (Wildman–Crippen MR) is 110 cm³/mol. The zero-order valence-corrected chi connectivity index (χ0v) is 17.7. The zero-order chi connectivity index (χ0) is 22.7.